The lowest BCUT2D eigenvalue weighted by Crippen LogP contribution is -2.16. The van der Waals surface area contributed by atoms with Gasteiger partial charge in [-0.1, -0.05) is 12.1 Å². The molecule has 0 radical (unpaired) electrons. The van der Waals surface area contributed by atoms with E-state index >= 15 is 0 Å². The van der Waals surface area contributed by atoms with E-state index in [2.05, 4.69) is 18.1 Å². The van der Waals surface area contributed by atoms with Crippen LogP contribution in [0.25, 0.3) is 0 Å². The minimum atomic E-state index is -0.0212. The second kappa shape index (κ2) is 6.57. The van der Waals surface area contributed by atoms with E-state index in [4.69, 9.17) is 10.5 Å². The Kier molecular flexibility index (Phi) is 4.79. The van der Waals surface area contributed by atoms with Crippen molar-refractivity contribution in [1.82, 2.24) is 9.78 Å². The molecule has 0 spiro atoms. The molecule has 1 unspecified atom stereocenters. The summed E-state index contributed by atoms with van der Waals surface area (Å²) in [6.45, 7) is 7.64. The first-order valence-corrected chi connectivity index (χ1v) is 7.15. The highest BCUT2D eigenvalue weighted by atomic mass is 16.5. The summed E-state index contributed by atoms with van der Waals surface area (Å²) in [5, 5.41) is 4.46. The SMILES string of the molecule is CCOc1ccc(C(N)Cc2cc(C)nn2CC)cc1. The molecule has 0 aliphatic rings. The molecule has 4 heteroatoms. The zero-order chi connectivity index (χ0) is 14.5. The molecule has 0 amide bonds. The van der Waals surface area contributed by atoms with Crippen molar-refractivity contribution in [3.05, 3.63) is 47.3 Å². The van der Waals surface area contributed by atoms with Crippen LogP contribution in [0.15, 0.2) is 30.3 Å². The average molecular weight is 273 g/mol. The van der Waals surface area contributed by atoms with Crippen molar-refractivity contribution in [2.45, 2.75) is 39.8 Å². The summed E-state index contributed by atoms with van der Waals surface area (Å²) in [5.74, 6) is 0.887. The Morgan fingerprint density at radius 3 is 2.55 bits per heavy atom. The monoisotopic (exact) mass is 273 g/mol. The summed E-state index contributed by atoms with van der Waals surface area (Å²) < 4.78 is 7.46. The second-order valence-corrected chi connectivity index (χ2v) is 4.91. The molecule has 108 valence electrons. The fourth-order valence-corrected chi connectivity index (χ4v) is 2.36. The maximum Gasteiger partial charge on any atom is 0.119 e. The molecule has 0 saturated heterocycles. The number of aromatic nitrogens is 2. The van der Waals surface area contributed by atoms with Gasteiger partial charge in [0, 0.05) is 24.7 Å². The molecule has 1 aromatic heterocycles. The van der Waals surface area contributed by atoms with Crippen LogP contribution in [0, 0.1) is 6.92 Å². The van der Waals surface area contributed by atoms with E-state index in [9.17, 15) is 0 Å². The quantitative estimate of drug-likeness (QED) is 0.880. The number of nitrogens with two attached hydrogens (primary N) is 1. The van der Waals surface area contributed by atoms with E-state index in [-0.39, 0.29) is 6.04 Å². The van der Waals surface area contributed by atoms with Crippen LogP contribution in [-0.2, 0) is 13.0 Å². The Bertz CT molecular complexity index is 545. The van der Waals surface area contributed by atoms with Gasteiger partial charge in [-0.2, -0.15) is 5.10 Å². The van der Waals surface area contributed by atoms with Crippen molar-refractivity contribution in [3.63, 3.8) is 0 Å². The molecule has 20 heavy (non-hydrogen) atoms. The molecule has 1 aromatic carbocycles. The zero-order valence-corrected chi connectivity index (χ0v) is 12.5. The Morgan fingerprint density at radius 2 is 1.95 bits per heavy atom. The molecule has 0 saturated carbocycles. The fraction of sp³-hybridized carbons (Fsp3) is 0.438. The van der Waals surface area contributed by atoms with Gasteiger partial charge in [-0.05, 0) is 44.5 Å². The van der Waals surface area contributed by atoms with Crippen LogP contribution < -0.4 is 10.5 Å². The molecule has 0 aliphatic carbocycles. The van der Waals surface area contributed by atoms with E-state index in [1.807, 2.05) is 42.8 Å². The van der Waals surface area contributed by atoms with Crippen LogP contribution in [0.4, 0.5) is 0 Å². The highest BCUT2D eigenvalue weighted by Gasteiger charge is 2.11. The summed E-state index contributed by atoms with van der Waals surface area (Å²) in [7, 11) is 0. The predicted octanol–water partition coefficient (Wildman–Crippen LogP) is 2.85. The second-order valence-electron chi connectivity index (χ2n) is 4.91. The standard InChI is InChI=1S/C16H23N3O/c1-4-19-14(10-12(3)18-19)11-16(17)13-6-8-15(9-7-13)20-5-2/h6-10,16H,4-5,11,17H2,1-3H3. The fourth-order valence-electron chi connectivity index (χ4n) is 2.36. The van der Waals surface area contributed by atoms with Crippen molar-refractivity contribution >= 4 is 0 Å². The first kappa shape index (κ1) is 14.6. The maximum absolute atomic E-state index is 6.30. The van der Waals surface area contributed by atoms with E-state index < -0.39 is 0 Å². The zero-order valence-electron chi connectivity index (χ0n) is 12.5. The van der Waals surface area contributed by atoms with Gasteiger partial charge < -0.3 is 10.5 Å². The van der Waals surface area contributed by atoms with Gasteiger partial charge in [0.25, 0.3) is 0 Å². The van der Waals surface area contributed by atoms with Crippen molar-refractivity contribution in [1.29, 1.82) is 0 Å². The number of benzene rings is 1. The molecule has 1 heterocycles. The van der Waals surface area contributed by atoms with Gasteiger partial charge in [-0.15, -0.1) is 0 Å². The van der Waals surface area contributed by atoms with Crippen molar-refractivity contribution in [2.75, 3.05) is 6.61 Å². The number of hydrogen-bond donors (Lipinski definition) is 1. The van der Waals surface area contributed by atoms with Gasteiger partial charge in [-0.25, -0.2) is 0 Å². The molecule has 2 N–H and O–H groups in total. The minimum Gasteiger partial charge on any atom is -0.494 e. The first-order chi connectivity index (χ1) is 9.63. The van der Waals surface area contributed by atoms with Crippen LogP contribution in [-0.4, -0.2) is 16.4 Å². The first-order valence-electron chi connectivity index (χ1n) is 7.15. The molecule has 0 bridgehead atoms. The van der Waals surface area contributed by atoms with Crippen LogP contribution in [0.5, 0.6) is 5.75 Å². The molecular weight excluding hydrogens is 250 g/mol. The largest absolute Gasteiger partial charge is 0.494 e. The normalized spacial score (nSPS) is 12.4. The smallest absolute Gasteiger partial charge is 0.119 e. The van der Waals surface area contributed by atoms with Crippen LogP contribution in [0.1, 0.15) is 36.8 Å². The molecule has 2 aromatic rings. The third-order valence-electron chi connectivity index (χ3n) is 3.33. The third kappa shape index (κ3) is 3.39. The minimum absolute atomic E-state index is 0.0212. The molecular formula is C16H23N3O. The van der Waals surface area contributed by atoms with Gasteiger partial charge in [0.05, 0.1) is 12.3 Å². The van der Waals surface area contributed by atoms with Crippen LogP contribution >= 0.6 is 0 Å². The van der Waals surface area contributed by atoms with Gasteiger partial charge >= 0.3 is 0 Å². The van der Waals surface area contributed by atoms with Gasteiger partial charge in [0.1, 0.15) is 5.75 Å². The topological polar surface area (TPSA) is 53.1 Å². The Balaban J connectivity index is 2.08. The number of rotatable bonds is 6. The molecule has 0 aliphatic heterocycles. The van der Waals surface area contributed by atoms with Crippen molar-refractivity contribution in [3.8, 4) is 5.75 Å². The Hall–Kier alpha value is -1.81. The van der Waals surface area contributed by atoms with E-state index in [0.29, 0.717) is 6.61 Å². The lowest BCUT2D eigenvalue weighted by Gasteiger charge is -2.13. The van der Waals surface area contributed by atoms with Crippen LogP contribution in [0.2, 0.25) is 0 Å². The van der Waals surface area contributed by atoms with Gasteiger partial charge in [0.15, 0.2) is 0 Å². The molecule has 4 nitrogen and oxygen atoms in total. The van der Waals surface area contributed by atoms with Crippen molar-refractivity contribution in [2.24, 2.45) is 5.73 Å². The highest BCUT2D eigenvalue weighted by molar-refractivity contribution is 5.30. The lowest BCUT2D eigenvalue weighted by molar-refractivity contribution is 0.340. The molecule has 2 rings (SSSR count). The average Bonchev–Trinajstić information content (AvgIpc) is 2.80. The molecule has 0 fully saturated rings. The highest BCUT2D eigenvalue weighted by Crippen LogP contribution is 2.20. The van der Waals surface area contributed by atoms with Crippen LogP contribution in [0.3, 0.4) is 0 Å². The third-order valence-corrected chi connectivity index (χ3v) is 3.33. The number of hydrogen-bond acceptors (Lipinski definition) is 3. The lowest BCUT2D eigenvalue weighted by atomic mass is 10.0. The summed E-state index contributed by atoms with van der Waals surface area (Å²) >= 11 is 0. The number of ether oxygens (including phenoxy) is 1. The van der Waals surface area contributed by atoms with Gasteiger partial charge in [-0.3, -0.25) is 4.68 Å². The number of nitrogens with zero attached hydrogens (tertiary/aromatic N) is 2. The van der Waals surface area contributed by atoms with E-state index in [0.717, 1.165) is 30.0 Å². The van der Waals surface area contributed by atoms with E-state index in [1.165, 1.54) is 5.69 Å². The maximum atomic E-state index is 6.30. The molecule has 1 atom stereocenters. The summed E-state index contributed by atoms with van der Waals surface area (Å²) in [4.78, 5) is 0. The number of aryl methyl sites for hydroxylation is 2. The summed E-state index contributed by atoms with van der Waals surface area (Å²) in [6.07, 6.45) is 0.794. The van der Waals surface area contributed by atoms with Gasteiger partial charge in [0.2, 0.25) is 0 Å². The Morgan fingerprint density at radius 1 is 1.25 bits per heavy atom. The Labute approximate surface area is 120 Å². The van der Waals surface area contributed by atoms with E-state index in [1.54, 1.807) is 0 Å². The summed E-state index contributed by atoms with van der Waals surface area (Å²) in [6, 6.07) is 10.1. The predicted molar refractivity (Wildman–Crippen MR) is 80.9 cm³/mol. The van der Waals surface area contributed by atoms with Crippen molar-refractivity contribution < 1.29 is 4.74 Å². The summed E-state index contributed by atoms with van der Waals surface area (Å²) in [5.41, 5.74) is 9.65.